The zero-order chi connectivity index (χ0) is 21.2. The first kappa shape index (κ1) is 19.4. The monoisotopic (exact) mass is 415 g/mol. The number of hydrogen-bond donors (Lipinski definition) is 0. The first-order chi connectivity index (χ1) is 15.2. The molecular formula is C24H19F2N5. The minimum atomic E-state index is -0.486. The van der Waals surface area contributed by atoms with Gasteiger partial charge in [0.15, 0.2) is 5.82 Å². The molecule has 0 bridgehead atoms. The van der Waals surface area contributed by atoms with Crippen molar-refractivity contribution >= 4 is 0 Å². The van der Waals surface area contributed by atoms with E-state index in [-0.39, 0.29) is 5.56 Å². The second kappa shape index (κ2) is 8.28. The van der Waals surface area contributed by atoms with Gasteiger partial charge in [-0.15, -0.1) is 0 Å². The lowest BCUT2D eigenvalue weighted by atomic mass is 10.1. The second-order valence-electron chi connectivity index (χ2n) is 7.54. The lowest BCUT2D eigenvalue weighted by Crippen LogP contribution is -2.31. The number of rotatable bonds is 4. The number of benzene rings is 1. The van der Waals surface area contributed by atoms with E-state index in [1.54, 1.807) is 24.7 Å². The van der Waals surface area contributed by atoms with Crippen LogP contribution in [-0.4, -0.2) is 31.4 Å². The summed E-state index contributed by atoms with van der Waals surface area (Å²) in [7, 11) is 0. The van der Waals surface area contributed by atoms with Crippen LogP contribution in [0.15, 0.2) is 67.3 Å². The van der Waals surface area contributed by atoms with Gasteiger partial charge in [0.05, 0.1) is 11.4 Å². The molecule has 0 saturated heterocycles. The molecule has 31 heavy (non-hydrogen) atoms. The Hall–Kier alpha value is -3.58. The van der Waals surface area contributed by atoms with Gasteiger partial charge in [-0.2, -0.15) is 0 Å². The molecule has 5 nitrogen and oxygen atoms in total. The Balaban J connectivity index is 1.28. The Labute approximate surface area is 178 Å². The van der Waals surface area contributed by atoms with E-state index in [9.17, 15) is 8.78 Å². The van der Waals surface area contributed by atoms with Crippen LogP contribution in [0.4, 0.5) is 8.78 Å². The van der Waals surface area contributed by atoms with E-state index in [1.165, 1.54) is 6.07 Å². The van der Waals surface area contributed by atoms with Gasteiger partial charge in [0.2, 0.25) is 0 Å². The summed E-state index contributed by atoms with van der Waals surface area (Å²) in [5, 5.41) is 0. The lowest BCUT2D eigenvalue weighted by Gasteiger charge is -2.28. The average molecular weight is 415 g/mol. The highest BCUT2D eigenvalue weighted by Gasteiger charge is 2.19. The molecule has 1 aliphatic heterocycles. The van der Waals surface area contributed by atoms with Crippen LogP contribution in [0, 0.1) is 11.6 Å². The fraction of sp³-hybridized carbons (Fsp3) is 0.167. The summed E-state index contributed by atoms with van der Waals surface area (Å²) in [6, 6.07) is 10.9. The van der Waals surface area contributed by atoms with E-state index < -0.39 is 11.6 Å². The number of halogens is 2. The molecule has 0 aliphatic carbocycles. The average Bonchev–Trinajstić information content (AvgIpc) is 2.81. The minimum absolute atomic E-state index is 0.167. The molecule has 0 N–H and O–H groups in total. The van der Waals surface area contributed by atoms with Crippen molar-refractivity contribution in [3.63, 3.8) is 0 Å². The van der Waals surface area contributed by atoms with Crippen molar-refractivity contribution in [2.24, 2.45) is 0 Å². The molecular weight excluding hydrogens is 396 g/mol. The van der Waals surface area contributed by atoms with Crippen LogP contribution in [-0.2, 0) is 19.5 Å². The van der Waals surface area contributed by atoms with Crippen molar-refractivity contribution in [3.05, 3.63) is 95.7 Å². The van der Waals surface area contributed by atoms with Gasteiger partial charge in [0.1, 0.15) is 11.6 Å². The van der Waals surface area contributed by atoms with Gasteiger partial charge in [0.25, 0.3) is 0 Å². The molecule has 0 spiro atoms. The zero-order valence-electron chi connectivity index (χ0n) is 16.7. The Morgan fingerprint density at radius 1 is 0.968 bits per heavy atom. The molecule has 0 radical (unpaired) electrons. The highest BCUT2D eigenvalue weighted by atomic mass is 19.1. The van der Waals surface area contributed by atoms with Crippen LogP contribution in [0.25, 0.3) is 22.6 Å². The highest BCUT2D eigenvalue weighted by Crippen LogP contribution is 2.24. The van der Waals surface area contributed by atoms with Crippen LogP contribution >= 0.6 is 0 Å². The fourth-order valence-corrected chi connectivity index (χ4v) is 3.77. The lowest BCUT2D eigenvalue weighted by molar-refractivity contribution is 0.242. The first-order valence-corrected chi connectivity index (χ1v) is 10.0. The maximum atomic E-state index is 14.0. The van der Waals surface area contributed by atoms with Crippen LogP contribution in [0.3, 0.4) is 0 Å². The van der Waals surface area contributed by atoms with Gasteiger partial charge in [-0.25, -0.2) is 18.7 Å². The normalized spacial score (nSPS) is 13.7. The molecule has 7 heteroatoms. The van der Waals surface area contributed by atoms with Crippen molar-refractivity contribution < 1.29 is 8.78 Å². The summed E-state index contributed by atoms with van der Waals surface area (Å²) in [5.41, 5.74) is 4.69. The van der Waals surface area contributed by atoms with E-state index in [1.807, 2.05) is 24.4 Å². The van der Waals surface area contributed by atoms with E-state index in [0.29, 0.717) is 18.1 Å². The standard InChI is InChI=1S/C24H19F2N5/c25-19-4-5-21(26)20(10-19)23-6-3-16(11-28-23)14-31-9-7-22-18(15-31)13-29-24(30-22)17-2-1-8-27-12-17/h1-6,8,10-13H,7,9,14-15H2. The molecule has 4 aromatic rings. The molecule has 4 heterocycles. The van der Waals surface area contributed by atoms with Crippen molar-refractivity contribution in [2.45, 2.75) is 19.5 Å². The quantitative estimate of drug-likeness (QED) is 0.493. The molecule has 0 unspecified atom stereocenters. The van der Waals surface area contributed by atoms with Gasteiger partial charge in [-0.05, 0) is 42.0 Å². The number of hydrogen-bond acceptors (Lipinski definition) is 5. The maximum Gasteiger partial charge on any atom is 0.160 e. The summed E-state index contributed by atoms with van der Waals surface area (Å²) in [5.74, 6) is -0.271. The summed E-state index contributed by atoms with van der Waals surface area (Å²) < 4.78 is 27.4. The summed E-state index contributed by atoms with van der Waals surface area (Å²) in [4.78, 5) is 20.0. The molecule has 1 aromatic carbocycles. The van der Waals surface area contributed by atoms with Gasteiger partial charge >= 0.3 is 0 Å². The van der Waals surface area contributed by atoms with Gasteiger partial charge in [0, 0.05) is 67.5 Å². The largest absolute Gasteiger partial charge is 0.294 e. The van der Waals surface area contributed by atoms with Crippen LogP contribution in [0.1, 0.15) is 16.8 Å². The molecule has 0 amide bonds. The highest BCUT2D eigenvalue weighted by molar-refractivity contribution is 5.60. The molecule has 0 saturated carbocycles. The maximum absolute atomic E-state index is 14.0. The fourth-order valence-electron chi connectivity index (χ4n) is 3.77. The minimum Gasteiger partial charge on any atom is -0.294 e. The zero-order valence-corrected chi connectivity index (χ0v) is 16.7. The number of pyridine rings is 2. The third-order valence-corrected chi connectivity index (χ3v) is 5.37. The van der Waals surface area contributed by atoms with Crippen LogP contribution in [0.2, 0.25) is 0 Å². The summed E-state index contributed by atoms with van der Waals surface area (Å²) >= 11 is 0. The Morgan fingerprint density at radius 3 is 2.71 bits per heavy atom. The molecule has 0 fully saturated rings. The van der Waals surface area contributed by atoms with Gasteiger partial charge < -0.3 is 0 Å². The van der Waals surface area contributed by atoms with E-state index in [0.717, 1.165) is 54.0 Å². The third kappa shape index (κ3) is 4.18. The molecule has 1 aliphatic rings. The molecule has 0 atom stereocenters. The van der Waals surface area contributed by atoms with Gasteiger partial charge in [-0.1, -0.05) is 6.07 Å². The van der Waals surface area contributed by atoms with Crippen LogP contribution < -0.4 is 0 Å². The van der Waals surface area contributed by atoms with Crippen LogP contribution in [0.5, 0.6) is 0 Å². The second-order valence-corrected chi connectivity index (χ2v) is 7.54. The van der Waals surface area contributed by atoms with Crippen molar-refractivity contribution in [1.29, 1.82) is 0 Å². The predicted molar refractivity (Wildman–Crippen MR) is 113 cm³/mol. The van der Waals surface area contributed by atoms with E-state index in [4.69, 9.17) is 4.98 Å². The Bertz CT molecular complexity index is 1210. The summed E-state index contributed by atoms with van der Waals surface area (Å²) in [6.45, 7) is 2.34. The van der Waals surface area contributed by atoms with E-state index >= 15 is 0 Å². The smallest absolute Gasteiger partial charge is 0.160 e. The summed E-state index contributed by atoms with van der Waals surface area (Å²) in [6.07, 6.45) is 7.95. The third-order valence-electron chi connectivity index (χ3n) is 5.37. The Kier molecular flexibility index (Phi) is 5.18. The number of aromatic nitrogens is 4. The van der Waals surface area contributed by atoms with Crippen molar-refractivity contribution in [1.82, 2.24) is 24.8 Å². The molecule has 5 rings (SSSR count). The molecule has 154 valence electrons. The van der Waals surface area contributed by atoms with Gasteiger partial charge in [-0.3, -0.25) is 14.9 Å². The molecule has 3 aromatic heterocycles. The number of fused-ring (bicyclic) bond motifs is 1. The predicted octanol–water partition coefficient (Wildman–Crippen LogP) is 4.44. The van der Waals surface area contributed by atoms with Crippen molar-refractivity contribution in [3.8, 4) is 22.6 Å². The van der Waals surface area contributed by atoms with E-state index in [2.05, 4.69) is 19.9 Å². The SMILES string of the molecule is Fc1ccc(F)c(-c2ccc(CN3CCc4nc(-c5cccnc5)ncc4C3)cn2)c1. The van der Waals surface area contributed by atoms with Crippen molar-refractivity contribution in [2.75, 3.05) is 6.54 Å². The first-order valence-electron chi connectivity index (χ1n) is 10.0. The topological polar surface area (TPSA) is 54.8 Å². The Morgan fingerprint density at radius 2 is 1.90 bits per heavy atom. The number of nitrogens with zero attached hydrogens (tertiary/aromatic N) is 5.